The van der Waals surface area contributed by atoms with Crippen LogP contribution in [0.1, 0.15) is 43.0 Å². The van der Waals surface area contributed by atoms with Crippen molar-refractivity contribution >= 4 is 28.3 Å². The van der Waals surface area contributed by atoms with E-state index in [4.69, 9.17) is 10.5 Å². The van der Waals surface area contributed by atoms with Gasteiger partial charge in [-0.2, -0.15) is 4.37 Å². The Hall–Kier alpha value is -1.34. The van der Waals surface area contributed by atoms with Crippen LogP contribution < -0.4 is 16.0 Å². The quantitative estimate of drug-likeness (QED) is 0.883. The number of ether oxygens (including phenoxy) is 1. The molecule has 0 radical (unpaired) electrons. The molecule has 116 valence electrons. The number of aromatic nitrogens is 1. The van der Waals surface area contributed by atoms with Gasteiger partial charge < -0.3 is 20.7 Å². The van der Waals surface area contributed by atoms with E-state index in [2.05, 4.69) is 21.5 Å². The van der Waals surface area contributed by atoms with Gasteiger partial charge in [0.1, 0.15) is 10.6 Å². The largest absolute Gasteiger partial charge is 0.382 e. The van der Waals surface area contributed by atoms with Crippen molar-refractivity contribution in [2.75, 3.05) is 30.8 Å². The molecule has 6 nitrogen and oxygen atoms in total. The van der Waals surface area contributed by atoms with Gasteiger partial charge in [0.25, 0.3) is 5.91 Å². The molecule has 1 amide bonds. The molecule has 3 N–H and O–H groups in total. The molecule has 7 heteroatoms. The fourth-order valence-corrected chi connectivity index (χ4v) is 3.59. The summed E-state index contributed by atoms with van der Waals surface area (Å²) in [6, 6.07) is 0.315. The van der Waals surface area contributed by atoms with E-state index >= 15 is 0 Å². The van der Waals surface area contributed by atoms with Crippen LogP contribution in [0.5, 0.6) is 0 Å². The summed E-state index contributed by atoms with van der Waals surface area (Å²) in [4.78, 5) is 14.6. The van der Waals surface area contributed by atoms with Crippen LogP contribution >= 0.6 is 11.5 Å². The van der Waals surface area contributed by atoms with Gasteiger partial charge in [-0.05, 0) is 44.1 Å². The van der Waals surface area contributed by atoms with E-state index in [1.807, 2.05) is 0 Å². The molecule has 0 aromatic carbocycles. The van der Waals surface area contributed by atoms with E-state index in [0.29, 0.717) is 17.4 Å². The minimum atomic E-state index is -0.179. The summed E-state index contributed by atoms with van der Waals surface area (Å²) in [5.74, 6) is 0.237. The van der Waals surface area contributed by atoms with Crippen molar-refractivity contribution in [3.8, 4) is 0 Å². The average Bonchev–Trinajstić information content (AvgIpc) is 3.18. The maximum atomic E-state index is 12.4. The molecule has 2 heterocycles. The molecule has 2 fully saturated rings. The van der Waals surface area contributed by atoms with Crippen LogP contribution in [-0.4, -0.2) is 42.1 Å². The van der Waals surface area contributed by atoms with Crippen LogP contribution in [0.4, 0.5) is 10.8 Å². The van der Waals surface area contributed by atoms with Crippen LogP contribution in [0.2, 0.25) is 0 Å². The number of nitrogens with zero attached hydrogens (tertiary/aromatic N) is 2. The Labute approximate surface area is 128 Å². The molecule has 2 aliphatic rings. The molecule has 1 unspecified atom stereocenters. The van der Waals surface area contributed by atoms with Gasteiger partial charge in [0.15, 0.2) is 5.82 Å². The van der Waals surface area contributed by atoms with Crippen molar-refractivity contribution in [1.29, 1.82) is 0 Å². The number of hydrogen-bond donors (Lipinski definition) is 2. The van der Waals surface area contributed by atoms with Gasteiger partial charge in [-0.1, -0.05) is 0 Å². The van der Waals surface area contributed by atoms with E-state index < -0.39 is 0 Å². The summed E-state index contributed by atoms with van der Waals surface area (Å²) >= 11 is 1.30. The zero-order valence-electron chi connectivity index (χ0n) is 12.5. The normalized spacial score (nSPS) is 25.9. The Kier molecular flexibility index (Phi) is 3.79. The lowest BCUT2D eigenvalue weighted by molar-refractivity contribution is -0.00455. The molecule has 1 saturated heterocycles. The molecule has 1 atom stereocenters. The SMILES string of the molecule is COC1(C)CCCN(c2snc(N)c2C(=O)NC2CC2)C1. The number of carbonyl (C=O) groups excluding carboxylic acids is 1. The molecular weight excluding hydrogens is 288 g/mol. The van der Waals surface area contributed by atoms with Crippen LogP contribution in [0.25, 0.3) is 0 Å². The van der Waals surface area contributed by atoms with Crippen molar-refractivity contribution < 1.29 is 9.53 Å². The Morgan fingerprint density at radius 2 is 2.33 bits per heavy atom. The highest BCUT2D eigenvalue weighted by atomic mass is 32.1. The number of methoxy groups -OCH3 is 1. The molecular formula is C14H22N4O2S. The third-order valence-corrected chi connectivity index (χ3v) is 5.20. The van der Waals surface area contributed by atoms with Crippen LogP contribution in [0.3, 0.4) is 0 Å². The second-order valence-electron chi connectivity index (χ2n) is 6.17. The van der Waals surface area contributed by atoms with E-state index in [1.165, 1.54) is 11.5 Å². The number of nitrogens with two attached hydrogens (primary N) is 1. The van der Waals surface area contributed by atoms with E-state index in [9.17, 15) is 4.79 Å². The summed E-state index contributed by atoms with van der Waals surface area (Å²) < 4.78 is 9.81. The Bertz CT molecular complexity index is 543. The number of nitrogen functional groups attached to an aromatic ring is 1. The Morgan fingerprint density at radius 3 is 3.00 bits per heavy atom. The average molecular weight is 310 g/mol. The molecule has 0 spiro atoms. The molecule has 1 saturated carbocycles. The van der Waals surface area contributed by atoms with Crippen LogP contribution in [-0.2, 0) is 4.74 Å². The Balaban J connectivity index is 1.83. The first-order valence-corrected chi connectivity index (χ1v) is 8.16. The summed E-state index contributed by atoms with van der Waals surface area (Å²) in [5, 5.41) is 3.87. The lowest BCUT2D eigenvalue weighted by Crippen LogP contribution is -2.47. The van der Waals surface area contributed by atoms with Gasteiger partial charge in [-0.15, -0.1) is 0 Å². The van der Waals surface area contributed by atoms with E-state index in [-0.39, 0.29) is 11.5 Å². The first kappa shape index (κ1) is 14.6. The van der Waals surface area contributed by atoms with Crippen LogP contribution in [0, 0.1) is 0 Å². The topological polar surface area (TPSA) is 80.5 Å². The van der Waals surface area contributed by atoms with Gasteiger partial charge in [0.2, 0.25) is 0 Å². The monoisotopic (exact) mass is 310 g/mol. The van der Waals surface area contributed by atoms with E-state index in [0.717, 1.165) is 43.8 Å². The molecule has 1 aromatic rings. The zero-order chi connectivity index (χ0) is 15.0. The molecule has 0 bridgehead atoms. The number of amides is 1. The lowest BCUT2D eigenvalue weighted by Gasteiger charge is -2.40. The third-order valence-electron chi connectivity index (χ3n) is 4.28. The molecule has 21 heavy (non-hydrogen) atoms. The number of carbonyl (C=O) groups is 1. The van der Waals surface area contributed by atoms with Crippen molar-refractivity contribution in [3.63, 3.8) is 0 Å². The van der Waals surface area contributed by atoms with Crippen molar-refractivity contribution in [3.05, 3.63) is 5.56 Å². The lowest BCUT2D eigenvalue weighted by atomic mass is 9.95. The number of piperidine rings is 1. The second-order valence-corrected chi connectivity index (χ2v) is 6.93. The fraction of sp³-hybridized carbons (Fsp3) is 0.714. The summed E-state index contributed by atoms with van der Waals surface area (Å²) in [7, 11) is 1.74. The standard InChI is InChI=1S/C14H22N4O2S/c1-14(20-2)6-3-7-18(8-14)13-10(11(15)17-21-13)12(19)16-9-4-5-9/h9H,3-8H2,1-2H3,(H2,15,17)(H,16,19). The van der Waals surface area contributed by atoms with Crippen molar-refractivity contribution in [1.82, 2.24) is 9.69 Å². The Morgan fingerprint density at radius 1 is 1.57 bits per heavy atom. The van der Waals surface area contributed by atoms with Crippen LogP contribution in [0.15, 0.2) is 0 Å². The van der Waals surface area contributed by atoms with Gasteiger partial charge in [-0.3, -0.25) is 4.79 Å². The highest BCUT2D eigenvalue weighted by Gasteiger charge is 2.35. The summed E-state index contributed by atoms with van der Waals surface area (Å²) in [5.41, 5.74) is 6.28. The van der Waals surface area contributed by atoms with Gasteiger partial charge >= 0.3 is 0 Å². The van der Waals surface area contributed by atoms with Crippen molar-refractivity contribution in [2.24, 2.45) is 0 Å². The molecule has 1 aliphatic carbocycles. The summed E-state index contributed by atoms with van der Waals surface area (Å²) in [6.45, 7) is 3.77. The number of hydrogen-bond acceptors (Lipinski definition) is 6. The number of anilines is 2. The van der Waals surface area contributed by atoms with Gasteiger partial charge in [0, 0.05) is 26.2 Å². The van der Waals surface area contributed by atoms with Gasteiger partial charge in [-0.25, -0.2) is 0 Å². The highest BCUT2D eigenvalue weighted by molar-refractivity contribution is 7.11. The molecule has 1 aromatic heterocycles. The minimum absolute atomic E-state index is 0.0940. The maximum absolute atomic E-state index is 12.4. The zero-order valence-corrected chi connectivity index (χ0v) is 13.3. The highest BCUT2D eigenvalue weighted by Crippen LogP contribution is 2.35. The maximum Gasteiger partial charge on any atom is 0.258 e. The number of nitrogens with one attached hydrogen (secondary N) is 1. The second kappa shape index (κ2) is 5.46. The predicted octanol–water partition coefficient (Wildman–Crippen LogP) is 1.62. The molecule has 3 rings (SSSR count). The first-order chi connectivity index (χ1) is 10.0. The molecule has 1 aliphatic heterocycles. The fourth-order valence-electron chi connectivity index (χ4n) is 2.75. The van der Waals surface area contributed by atoms with Gasteiger partial charge in [0.05, 0.1) is 5.60 Å². The first-order valence-electron chi connectivity index (χ1n) is 7.38. The summed E-state index contributed by atoms with van der Waals surface area (Å²) in [6.07, 6.45) is 4.18. The van der Waals surface area contributed by atoms with Crippen molar-refractivity contribution in [2.45, 2.75) is 44.2 Å². The predicted molar refractivity (Wildman–Crippen MR) is 83.9 cm³/mol. The van der Waals surface area contributed by atoms with E-state index in [1.54, 1.807) is 7.11 Å². The number of rotatable bonds is 4. The smallest absolute Gasteiger partial charge is 0.258 e. The third kappa shape index (κ3) is 2.98. The minimum Gasteiger partial charge on any atom is -0.382 e.